The number of carbonyl (C=O) groups excluding carboxylic acids is 3. The van der Waals surface area contributed by atoms with Crippen molar-refractivity contribution in [1.29, 1.82) is 0 Å². The molecule has 1 aliphatic rings. The van der Waals surface area contributed by atoms with E-state index >= 15 is 0 Å². The summed E-state index contributed by atoms with van der Waals surface area (Å²) in [4.78, 5) is 38.6. The van der Waals surface area contributed by atoms with Gasteiger partial charge in [0.15, 0.2) is 64.0 Å². The second kappa shape index (κ2) is 12.4. The molecule has 0 spiro atoms. The van der Waals surface area contributed by atoms with Gasteiger partial charge in [0.1, 0.15) is 12.2 Å². The molecule has 3 aromatic carbocycles. The summed E-state index contributed by atoms with van der Waals surface area (Å²) in [6.45, 7) is -1.03. The highest BCUT2D eigenvalue weighted by Gasteiger charge is 2.51. The third-order valence-electron chi connectivity index (χ3n) is 6.42. The summed E-state index contributed by atoms with van der Waals surface area (Å²) in [5, 5.41) is 108. The molecule has 4 rings (SSSR count). The van der Waals surface area contributed by atoms with Crippen LogP contribution in [0.1, 0.15) is 31.1 Å². The van der Waals surface area contributed by atoms with Gasteiger partial charge in [0, 0.05) is 0 Å². The van der Waals surface area contributed by atoms with Crippen molar-refractivity contribution in [3.8, 4) is 51.7 Å². The molecule has 18 nitrogen and oxygen atoms in total. The standard InChI is InChI=1S/C27H24O18/c28-7-17-22(43-24(39)8-1-11(29)18(35)12(30)2-8)21(38)23(44-25(40)9-3-13(31)19(36)14(32)4-9)27(42-17)45-26(41)10-5-15(33)20(37)16(34)6-10/h1-6,17,21-23,27-38H,7H2. The number of aromatic hydroxyl groups is 9. The van der Waals surface area contributed by atoms with Gasteiger partial charge in [-0.1, -0.05) is 0 Å². The summed E-state index contributed by atoms with van der Waals surface area (Å²) in [6, 6.07) is 4.06. The molecule has 45 heavy (non-hydrogen) atoms. The minimum absolute atomic E-state index is 0.559. The number of benzene rings is 3. The molecule has 0 saturated carbocycles. The third-order valence-corrected chi connectivity index (χ3v) is 6.42. The first kappa shape index (κ1) is 32.1. The Morgan fingerprint density at radius 1 is 0.556 bits per heavy atom. The predicted octanol–water partition coefficient (Wildman–Crippen LogP) is -0.277. The average Bonchev–Trinajstić information content (AvgIpc) is 2.99. The maximum atomic E-state index is 12.9. The highest BCUT2D eigenvalue weighted by atomic mass is 16.7. The van der Waals surface area contributed by atoms with Gasteiger partial charge in [-0.05, 0) is 36.4 Å². The lowest BCUT2D eigenvalue weighted by Crippen LogP contribution is -2.62. The molecule has 18 heteroatoms. The maximum Gasteiger partial charge on any atom is 0.340 e. The van der Waals surface area contributed by atoms with Gasteiger partial charge in [0.05, 0.1) is 23.3 Å². The number of phenolic OH excluding ortho intramolecular Hbond substituents is 9. The summed E-state index contributed by atoms with van der Waals surface area (Å²) in [5.41, 5.74) is -1.75. The highest BCUT2D eigenvalue weighted by Crippen LogP contribution is 2.39. The fourth-order valence-electron chi connectivity index (χ4n) is 4.13. The Labute approximate surface area is 249 Å². The molecule has 1 fully saturated rings. The molecule has 3 aromatic rings. The summed E-state index contributed by atoms with van der Waals surface area (Å²) < 4.78 is 21.0. The molecule has 240 valence electrons. The van der Waals surface area contributed by atoms with Crippen molar-refractivity contribution in [2.24, 2.45) is 0 Å². The topological polar surface area (TPSA) is 311 Å². The fraction of sp³-hybridized carbons (Fsp3) is 0.222. The van der Waals surface area contributed by atoms with Gasteiger partial charge in [0.2, 0.25) is 6.29 Å². The van der Waals surface area contributed by atoms with Crippen LogP contribution in [0.15, 0.2) is 36.4 Å². The second-order valence-corrected chi connectivity index (χ2v) is 9.45. The number of rotatable bonds is 7. The zero-order valence-electron chi connectivity index (χ0n) is 22.3. The molecular weight excluding hydrogens is 612 g/mol. The zero-order chi connectivity index (χ0) is 33.3. The third kappa shape index (κ3) is 6.42. The Morgan fingerprint density at radius 3 is 1.20 bits per heavy atom. The van der Waals surface area contributed by atoms with Crippen LogP contribution in [-0.2, 0) is 18.9 Å². The van der Waals surface area contributed by atoms with Crippen molar-refractivity contribution < 1.29 is 89.5 Å². The van der Waals surface area contributed by atoms with Crippen LogP contribution in [0.25, 0.3) is 0 Å². The van der Waals surface area contributed by atoms with E-state index in [1.807, 2.05) is 0 Å². The monoisotopic (exact) mass is 636 g/mol. The molecular formula is C27H24O18. The van der Waals surface area contributed by atoms with Crippen LogP contribution in [0.2, 0.25) is 0 Å². The Hall–Kier alpha value is -5.85. The Morgan fingerprint density at radius 2 is 0.867 bits per heavy atom. The first-order valence-electron chi connectivity index (χ1n) is 12.4. The van der Waals surface area contributed by atoms with Crippen molar-refractivity contribution in [1.82, 2.24) is 0 Å². The molecule has 11 N–H and O–H groups in total. The molecule has 0 amide bonds. The number of carbonyl (C=O) groups is 3. The van der Waals surface area contributed by atoms with Crippen LogP contribution in [-0.4, -0.2) is 111 Å². The van der Waals surface area contributed by atoms with Crippen LogP contribution < -0.4 is 0 Å². The van der Waals surface area contributed by atoms with Crippen molar-refractivity contribution in [2.75, 3.05) is 6.61 Å². The lowest BCUT2D eigenvalue weighted by molar-refractivity contribution is -0.283. The number of aliphatic hydroxyl groups is 2. The number of hydrogen-bond acceptors (Lipinski definition) is 18. The average molecular weight is 636 g/mol. The van der Waals surface area contributed by atoms with Crippen molar-refractivity contribution in [3.63, 3.8) is 0 Å². The van der Waals surface area contributed by atoms with Gasteiger partial charge in [-0.25, -0.2) is 14.4 Å². The van der Waals surface area contributed by atoms with E-state index in [4.69, 9.17) is 18.9 Å². The van der Waals surface area contributed by atoms with Crippen molar-refractivity contribution >= 4 is 17.9 Å². The largest absolute Gasteiger partial charge is 0.504 e. The number of esters is 3. The van der Waals surface area contributed by atoms with Crippen LogP contribution in [0.3, 0.4) is 0 Å². The summed E-state index contributed by atoms with van der Waals surface area (Å²) in [7, 11) is 0. The predicted molar refractivity (Wildman–Crippen MR) is 140 cm³/mol. The van der Waals surface area contributed by atoms with Crippen LogP contribution in [0.4, 0.5) is 0 Å². The molecule has 0 aliphatic carbocycles. The van der Waals surface area contributed by atoms with E-state index in [9.17, 15) is 70.6 Å². The fourth-order valence-corrected chi connectivity index (χ4v) is 4.13. The quantitative estimate of drug-likeness (QED) is 0.0902. The summed E-state index contributed by atoms with van der Waals surface area (Å²) in [6.07, 6.45) is -10.1. The van der Waals surface area contributed by atoms with Gasteiger partial charge >= 0.3 is 17.9 Å². The van der Waals surface area contributed by atoms with Crippen LogP contribution in [0, 0.1) is 0 Å². The van der Waals surface area contributed by atoms with Gasteiger partial charge in [-0.3, -0.25) is 0 Å². The van der Waals surface area contributed by atoms with E-state index in [1.54, 1.807) is 0 Å². The van der Waals surface area contributed by atoms with Crippen molar-refractivity contribution in [3.05, 3.63) is 53.1 Å². The number of aliphatic hydroxyl groups excluding tert-OH is 2. The van der Waals surface area contributed by atoms with E-state index in [0.29, 0.717) is 36.4 Å². The zero-order valence-corrected chi connectivity index (χ0v) is 22.3. The van der Waals surface area contributed by atoms with Gasteiger partial charge < -0.3 is 75.1 Å². The molecule has 0 radical (unpaired) electrons. The molecule has 0 bridgehead atoms. The lowest BCUT2D eigenvalue weighted by atomic mass is 9.98. The Kier molecular flexibility index (Phi) is 8.84. The number of phenols is 9. The Bertz CT molecular complexity index is 1580. The minimum Gasteiger partial charge on any atom is -0.504 e. The van der Waals surface area contributed by atoms with E-state index in [1.165, 1.54) is 0 Å². The minimum atomic E-state index is -2.21. The van der Waals surface area contributed by atoms with Gasteiger partial charge in [0.25, 0.3) is 0 Å². The van der Waals surface area contributed by atoms with E-state index in [2.05, 4.69) is 0 Å². The van der Waals surface area contributed by atoms with Gasteiger partial charge in [-0.15, -0.1) is 0 Å². The first-order chi connectivity index (χ1) is 21.1. The van der Waals surface area contributed by atoms with E-state index < -0.39 is 124 Å². The lowest BCUT2D eigenvalue weighted by Gasteiger charge is -2.42. The molecule has 1 saturated heterocycles. The van der Waals surface area contributed by atoms with Crippen molar-refractivity contribution in [2.45, 2.75) is 30.7 Å². The van der Waals surface area contributed by atoms with Crippen LogP contribution >= 0.6 is 0 Å². The Balaban J connectivity index is 1.67. The second-order valence-electron chi connectivity index (χ2n) is 9.45. The molecule has 5 atom stereocenters. The number of hydrogen-bond donors (Lipinski definition) is 11. The maximum absolute atomic E-state index is 12.9. The smallest absolute Gasteiger partial charge is 0.340 e. The summed E-state index contributed by atoms with van der Waals surface area (Å²) in [5.74, 6) is -12.7. The van der Waals surface area contributed by atoms with E-state index in [-0.39, 0.29) is 0 Å². The highest BCUT2D eigenvalue weighted by molar-refractivity contribution is 5.93. The molecule has 5 unspecified atom stereocenters. The van der Waals surface area contributed by atoms with Gasteiger partial charge in [-0.2, -0.15) is 0 Å². The van der Waals surface area contributed by atoms with Crippen LogP contribution in [0.5, 0.6) is 51.7 Å². The molecule has 0 aromatic heterocycles. The SMILES string of the molecule is O=C(OC1OC(CO)C(OC(=O)c2cc(O)c(O)c(O)c2)C(O)C1OC(=O)c1cc(O)c(O)c(O)c1)c1cc(O)c(O)c(O)c1. The normalized spacial score (nSPS) is 21.1. The molecule has 1 heterocycles. The number of ether oxygens (including phenoxy) is 4. The van der Waals surface area contributed by atoms with E-state index in [0.717, 1.165) is 0 Å². The molecule has 1 aliphatic heterocycles. The summed E-state index contributed by atoms with van der Waals surface area (Å²) >= 11 is 0. The first-order valence-corrected chi connectivity index (χ1v) is 12.4.